The van der Waals surface area contributed by atoms with E-state index in [2.05, 4.69) is 43.5 Å². The Morgan fingerprint density at radius 2 is 2.26 bits per heavy atom. The number of primary amides is 1. The van der Waals surface area contributed by atoms with Gasteiger partial charge in [-0.1, -0.05) is 5.21 Å². The van der Waals surface area contributed by atoms with Crippen LogP contribution in [0.25, 0.3) is 0 Å². The molecule has 2 amide bonds. The topological polar surface area (TPSA) is 154 Å². The van der Waals surface area contributed by atoms with Crippen molar-refractivity contribution in [3.8, 4) is 6.07 Å². The number of likely N-dealkylation sites (tertiary alicyclic amines) is 1. The third-order valence-electron chi connectivity index (χ3n) is 7.49. The molecular formula is C23H24N8O2S2. The lowest BCUT2D eigenvalue weighted by atomic mass is 9.75. The van der Waals surface area contributed by atoms with Gasteiger partial charge in [-0.2, -0.15) is 10.5 Å². The van der Waals surface area contributed by atoms with Gasteiger partial charge in [0.2, 0.25) is 5.91 Å². The molecule has 1 saturated heterocycles. The van der Waals surface area contributed by atoms with Crippen LogP contribution >= 0.6 is 22.7 Å². The molecule has 3 aromatic rings. The summed E-state index contributed by atoms with van der Waals surface area (Å²) in [5.41, 5.74) is 7.11. The number of nitrogens with one attached hydrogen (secondary N) is 2. The third kappa shape index (κ3) is 3.57. The minimum Gasteiger partial charge on any atom is -0.365 e. The smallest absolute Gasteiger partial charge is 0.258 e. The van der Waals surface area contributed by atoms with Gasteiger partial charge in [-0.25, -0.2) is 0 Å². The van der Waals surface area contributed by atoms with Gasteiger partial charge < -0.3 is 16.0 Å². The SMILES string of the molecule is N#C[C@@H]1C[C@@H]2C[C@@H]2N1C(=O)CNCCC1(c2nn[nH]n2)c2ccsc2CCc2cc(C(N)=O)sc21. The van der Waals surface area contributed by atoms with Crippen molar-refractivity contribution in [1.29, 1.82) is 5.26 Å². The molecule has 6 rings (SSSR count). The lowest BCUT2D eigenvalue weighted by molar-refractivity contribution is -0.131. The van der Waals surface area contributed by atoms with E-state index in [0.717, 1.165) is 41.7 Å². The van der Waals surface area contributed by atoms with Crippen LogP contribution in [0.2, 0.25) is 0 Å². The Morgan fingerprint density at radius 1 is 1.37 bits per heavy atom. The van der Waals surface area contributed by atoms with Gasteiger partial charge in [-0.3, -0.25) is 9.59 Å². The van der Waals surface area contributed by atoms with Crippen molar-refractivity contribution in [3.63, 3.8) is 0 Å². The van der Waals surface area contributed by atoms with E-state index in [1.165, 1.54) is 16.2 Å². The van der Waals surface area contributed by atoms with Gasteiger partial charge in [-0.15, -0.1) is 32.9 Å². The number of aromatic nitrogens is 4. The lowest BCUT2D eigenvalue weighted by Gasteiger charge is -2.31. The summed E-state index contributed by atoms with van der Waals surface area (Å²) in [6, 6.07) is 6.20. The number of nitriles is 1. The van der Waals surface area contributed by atoms with Crippen LogP contribution < -0.4 is 11.1 Å². The number of amides is 2. The van der Waals surface area contributed by atoms with Crippen LogP contribution in [-0.2, 0) is 23.1 Å². The second-order valence-corrected chi connectivity index (χ2v) is 11.5. The highest BCUT2D eigenvalue weighted by Gasteiger charge is 2.54. The summed E-state index contributed by atoms with van der Waals surface area (Å²) in [6.07, 6.45) is 4.02. The van der Waals surface area contributed by atoms with E-state index in [1.807, 2.05) is 6.07 Å². The number of carbonyl (C=O) groups excluding carboxylic acids is 2. The zero-order chi connectivity index (χ0) is 24.2. The van der Waals surface area contributed by atoms with Crippen LogP contribution in [0.3, 0.4) is 0 Å². The van der Waals surface area contributed by atoms with E-state index < -0.39 is 11.3 Å². The first-order chi connectivity index (χ1) is 17.0. The molecule has 1 aliphatic heterocycles. The average Bonchev–Trinajstić information content (AvgIpc) is 3.38. The molecule has 4 atom stereocenters. The molecule has 0 radical (unpaired) electrons. The highest BCUT2D eigenvalue weighted by Crippen LogP contribution is 2.50. The number of thiophene rings is 2. The van der Waals surface area contributed by atoms with Gasteiger partial charge in [0.25, 0.3) is 5.91 Å². The molecule has 4 N–H and O–H groups in total. The predicted octanol–water partition coefficient (Wildman–Crippen LogP) is 1.35. The van der Waals surface area contributed by atoms with Crippen LogP contribution in [0, 0.1) is 17.2 Å². The summed E-state index contributed by atoms with van der Waals surface area (Å²) in [4.78, 5) is 29.5. The fraction of sp³-hybridized carbons (Fsp3) is 0.478. The van der Waals surface area contributed by atoms with Crippen LogP contribution in [0.5, 0.6) is 0 Å². The first-order valence-electron chi connectivity index (χ1n) is 11.7. The van der Waals surface area contributed by atoms with E-state index in [-0.39, 0.29) is 24.5 Å². The van der Waals surface area contributed by atoms with Gasteiger partial charge in [0, 0.05) is 15.8 Å². The monoisotopic (exact) mass is 508 g/mol. The van der Waals surface area contributed by atoms with Gasteiger partial charge in [-0.05, 0) is 73.2 Å². The van der Waals surface area contributed by atoms with Crippen LogP contribution in [0.15, 0.2) is 17.5 Å². The van der Waals surface area contributed by atoms with Crippen LogP contribution in [0.1, 0.15) is 55.6 Å². The molecule has 12 heteroatoms. The molecule has 1 unspecified atom stereocenters. The number of H-pyrrole nitrogens is 1. The quantitative estimate of drug-likeness (QED) is 0.407. The van der Waals surface area contributed by atoms with Gasteiger partial charge >= 0.3 is 0 Å². The molecule has 10 nitrogen and oxygen atoms in total. The number of aryl methyl sites for hydroxylation is 2. The molecule has 0 spiro atoms. The fourth-order valence-corrected chi connectivity index (χ4v) is 8.05. The summed E-state index contributed by atoms with van der Waals surface area (Å²) >= 11 is 3.10. The minimum atomic E-state index is -0.715. The highest BCUT2D eigenvalue weighted by atomic mass is 32.1. The fourth-order valence-electron chi connectivity index (χ4n) is 5.80. The van der Waals surface area contributed by atoms with Crippen LogP contribution in [0.4, 0.5) is 0 Å². The maximum absolute atomic E-state index is 12.9. The Labute approximate surface area is 209 Å². The van der Waals surface area contributed by atoms with Gasteiger partial charge in [0.05, 0.1) is 22.9 Å². The Bertz CT molecular complexity index is 1330. The molecule has 3 aliphatic rings. The summed E-state index contributed by atoms with van der Waals surface area (Å²) in [6.45, 7) is 0.683. The van der Waals surface area contributed by atoms with Crippen molar-refractivity contribution < 1.29 is 9.59 Å². The Kier molecular flexibility index (Phi) is 5.43. The molecular weight excluding hydrogens is 484 g/mol. The molecule has 35 heavy (non-hydrogen) atoms. The van der Waals surface area contributed by atoms with Crippen molar-refractivity contribution >= 4 is 34.5 Å². The zero-order valence-corrected chi connectivity index (χ0v) is 20.5. The van der Waals surface area contributed by atoms with Crippen molar-refractivity contribution in [2.24, 2.45) is 11.7 Å². The molecule has 2 fully saturated rings. The first-order valence-corrected chi connectivity index (χ1v) is 13.4. The molecule has 4 heterocycles. The second-order valence-electron chi connectivity index (χ2n) is 9.40. The Morgan fingerprint density at radius 3 is 3.03 bits per heavy atom. The minimum absolute atomic E-state index is 0.0277. The maximum atomic E-state index is 12.9. The molecule has 1 saturated carbocycles. The summed E-state index contributed by atoms with van der Waals surface area (Å²) in [5.74, 6) is 0.552. The number of fused-ring (bicyclic) bond motifs is 3. The Hall–Kier alpha value is -3.14. The number of carbonyl (C=O) groups is 2. The van der Waals surface area contributed by atoms with E-state index in [1.54, 1.807) is 16.2 Å². The van der Waals surface area contributed by atoms with E-state index in [0.29, 0.717) is 29.6 Å². The average molecular weight is 509 g/mol. The predicted molar refractivity (Wildman–Crippen MR) is 129 cm³/mol. The van der Waals surface area contributed by atoms with E-state index in [9.17, 15) is 14.9 Å². The number of nitrogens with two attached hydrogens (primary N) is 1. The van der Waals surface area contributed by atoms with Crippen molar-refractivity contribution in [2.75, 3.05) is 13.1 Å². The third-order valence-corrected chi connectivity index (χ3v) is 9.82. The number of piperidine rings is 1. The number of rotatable bonds is 7. The number of hydrogen-bond donors (Lipinski definition) is 3. The second kappa shape index (κ2) is 8.51. The number of hydrogen-bond acceptors (Lipinski definition) is 9. The highest BCUT2D eigenvalue weighted by molar-refractivity contribution is 7.14. The largest absolute Gasteiger partial charge is 0.365 e. The normalized spacial score (nSPS) is 26.4. The summed E-state index contributed by atoms with van der Waals surface area (Å²) in [5, 5.41) is 30.1. The molecule has 0 bridgehead atoms. The molecule has 0 aromatic carbocycles. The number of aromatic amines is 1. The van der Waals surface area contributed by atoms with Gasteiger partial charge in [0.1, 0.15) is 6.04 Å². The van der Waals surface area contributed by atoms with Crippen molar-refractivity contribution in [1.82, 2.24) is 30.8 Å². The van der Waals surface area contributed by atoms with Crippen molar-refractivity contribution in [2.45, 2.75) is 49.6 Å². The molecule has 180 valence electrons. The molecule has 3 aromatic heterocycles. The zero-order valence-electron chi connectivity index (χ0n) is 18.9. The van der Waals surface area contributed by atoms with Crippen molar-refractivity contribution in [3.05, 3.63) is 49.1 Å². The number of nitrogens with zero attached hydrogens (tertiary/aromatic N) is 5. The van der Waals surface area contributed by atoms with Gasteiger partial charge in [0.15, 0.2) is 5.82 Å². The standard InChI is InChI=1S/C23H24N8O2S2/c24-10-14-7-13-8-16(13)31(14)19(32)11-26-5-4-23(22-27-29-30-28-22)15-3-6-34-17(15)2-1-12-9-18(21(25)33)35-20(12)23/h3,6,9,13-14,16,26H,1-2,4-5,7-8,11H2,(H2,25,33)(H,27,28,29,30)/t13-,14+,16+,23?/m1/s1. The maximum Gasteiger partial charge on any atom is 0.258 e. The number of tetrazole rings is 1. The van der Waals surface area contributed by atoms with E-state index >= 15 is 0 Å². The van der Waals surface area contributed by atoms with Crippen LogP contribution in [-0.4, -0.2) is 62.5 Å². The molecule has 2 aliphatic carbocycles. The first kappa shape index (κ1) is 22.3. The van der Waals surface area contributed by atoms with E-state index in [4.69, 9.17) is 5.73 Å². The summed E-state index contributed by atoms with van der Waals surface area (Å²) in [7, 11) is 0. The summed E-state index contributed by atoms with van der Waals surface area (Å²) < 4.78 is 0. The lowest BCUT2D eigenvalue weighted by Crippen LogP contribution is -2.43. The Balaban J connectivity index is 1.30.